The van der Waals surface area contributed by atoms with Crippen LogP contribution in [0.15, 0.2) is 54.1 Å². The number of nitriles is 1. The number of carbonyl (C=O) groups excluding carboxylic acids is 1. The van der Waals surface area contributed by atoms with Crippen molar-refractivity contribution in [2.75, 3.05) is 12.4 Å². The van der Waals surface area contributed by atoms with E-state index in [0.717, 1.165) is 5.56 Å². The molecule has 0 fully saturated rings. The lowest BCUT2D eigenvalue weighted by Crippen LogP contribution is -2.13. The van der Waals surface area contributed by atoms with Gasteiger partial charge in [0.2, 0.25) is 0 Å². The SMILES string of the molecule is COc1cc(/C=C(\C#N)C(=O)Nc2ccc(Cl)c(Cl)c2)cc(Cl)c1OCc1ccc(C)c(C)c1. The van der Waals surface area contributed by atoms with Crippen LogP contribution >= 0.6 is 34.8 Å². The summed E-state index contributed by atoms with van der Waals surface area (Å²) in [7, 11) is 1.49. The molecule has 0 bridgehead atoms. The zero-order chi connectivity index (χ0) is 24.8. The molecule has 0 aliphatic carbocycles. The van der Waals surface area contributed by atoms with Crippen molar-refractivity contribution < 1.29 is 14.3 Å². The van der Waals surface area contributed by atoms with Crippen molar-refractivity contribution in [3.05, 3.63) is 91.4 Å². The number of anilines is 1. The van der Waals surface area contributed by atoms with Crippen LogP contribution in [0.1, 0.15) is 22.3 Å². The molecule has 0 radical (unpaired) electrons. The van der Waals surface area contributed by atoms with Gasteiger partial charge < -0.3 is 14.8 Å². The summed E-state index contributed by atoms with van der Waals surface area (Å²) in [6.07, 6.45) is 1.41. The second-order valence-electron chi connectivity index (χ2n) is 7.49. The van der Waals surface area contributed by atoms with Gasteiger partial charge in [-0.2, -0.15) is 5.26 Å². The Morgan fingerprint density at radius 2 is 1.76 bits per heavy atom. The summed E-state index contributed by atoms with van der Waals surface area (Å²) >= 11 is 18.3. The van der Waals surface area contributed by atoms with E-state index in [9.17, 15) is 10.1 Å². The van der Waals surface area contributed by atoms with Crippen molar-refractivity contribution in [3.8, 4) is 17.6 Å². The molecule has 3 aromatic rings. The molecule has 0 saturated carbocycles. The van der Waals surface area contributed by atoms with E-state index in [1.54, 1.807) is 24.3 Å². The van der Waals surface area contributed by atoms with Gasteiger partial charge in [0.05, 0.1) is 22.2 Å². The lowest BCUT2D eigenvalue weighted by molar-refractivity contribution is -0.112. The van der Waals surface area contributed by atoms with Crippen LogP contribution in [0.2, 0.25) is 15.1 Å². The first-order chi connectivity index (χ1) is 16.2. The summed E-state index contributed by atoms with van der Waals surface area (Å²) in [6, 6.07) is 15.9. The fourth-order valence-corrected chi connectivity index (χ4v) is 3.67. The number of methoxy groups -OCH3 is 1. The van der Waals surface area contributed by atoms with Gasteiger partial charge in [-0.05, 0) is 72.5 Å². The van der Waals surface area contributed by atoms with Gasteiger partial charge in [-0.3, -0.25) is 4.79 Å². The Kier molecular flexibility index (Phi) is 8.46. The van der Waals surface area contributed by atoms with Crippen LogP contribution in [0.5, 0.6) is 11.5 Å². The quantitative estimate of drug-likeness (QED) is 0.263. The first-order valence-corrected chi connectivity index (χ1v) is 11.3. The maximum atomic E-state index is 12.6. The normalized spacial score (nSPS) is 11.0. The Labute approximate surface area is 213 Å². The van der Waals surface area contributed by atoms with Crippen molar-refractivity contribution in [2.45, 2.75) is 20.5 Å². The third kappa shape index (κ3) is 6.24. The average molecular weight is 516 g/mol. The molecule has 0 aromatic heterocycles. The maximum absolute atomic E-state index is 12.6. The number of nitrogens with zero attached hydrogens (tertiary/aromatic N) is 1. The lowest BCUT2D eigenvalue weighted by Gasteiger charge is -2.14. The maximum Gasteiger partial charge on any atom is 0.266 e. The van der Waals surface area contributed by atoms with Gasteiger partial charge in [-0.1, -0.05) is 53.0 Å². The topological polar surface area (TPSA) is 71.3 Å². The van der Waals surface area contributed by atoms with Gasteiger partial charge in [0.25, 0.3) is 5.91 Å². The highest BCUT2D eigenvalue weighted by Gasteiger charge is 2.15. The van der Waals surface area contributed by atoms with Crippen LogP contribution in [0.25, 0.3) is 6.08 Å². The van der Waals surface area contributed by atoms with Gasteiger partial charge in [0, 0.05) is 5.69 Å². The third-order valence-corrected chi connectivity index (χ3v) is 6.08. The molecule has 0 atom stereocenters. The second kappa shape index (κ2) is 11.3. The molecule has 0 spiro atoms. The molecule has 1 amide bonds. The van der Waals surface area contributed by atoms with E-state index in [1.807, 2.05) is 32.0 Å². The van der Waals surface area contributed by atoms with E-state index in [4.69, 9.17) is 44.3 Å². The molecular weight excluding hydrogens is 495 g/mol. The number of ether oxygens (including phenoxy) is 2. The predicted octanol–water partition coefficient (Wildman–Crippen LogP) is 7.40. The van der Waals surface area contributed by atoms with Crippen LogP contribution < -0.4 is 14.8 Å². The van der Waals surface area contributed by atoms with E-state index in [-0.39, 0.29) is 15.6 Å². The van der Waals surface area contributed by atoms with Crippen molar-refractivity contribution >= 4 is 52.5 Å². The Morgan fingerprint density at radius 1 is 1.00 bits per heavy atom. The minimum absolute atomic E-state index is 0.131. The van der Waals surface area contributed by atoms with Crippen molar-refractivity contribution in [3.63, 3.8) is 0 Å². The number of halogens is 3. The van der Waals surface area contributed by atoms with Gasteiger partial charge in [0.15, 0.2) is 11.5 Å². The molecule has 0 aliphatic rings. The number of hydrogen-bond acceptors (Lipinski definition) is 4. The van der Waals surface area contributed by atoms with Gasteiger partial charge in [0.1, 0.15) is 18.2 Å². The number of nitrogens with one attached hydrogen (secondary N) is 1. The number of amides is 1. The minimum Gasteiger partial charge on any atom is -0.493 e. The Balaban J connectivity index is 1.82. The van der Waals surface area contributed by atoms with E-state index in [1.165, 1.54) is 30.4 Å². The van der Waals surface area contributed by atoms with Gasteiger partial charge in [-0.25, -0.2) is 0 Å². The predicted molar refractivity (Wildman–Crippen MR) is 137 cm³/mol. The number of aryl methyl sites for hydroxylation is 2. The molecule has 0 unspecified atom stereocenters. The summed E-state index contributed by atoms with van der Waals surface area (Å²) in [5.41, 5.74) is 4.14. The van der Waals surface area contributed by atoms with E-state index < -0.39 is 5.91 Å². The third-order valence-electron chi connectivity index (χ3n) is 5.06. The second-order valence-corrected chi connectivity index (χ2v) is 8.72. The summed E-state index contributed by atoms with van der Waals surface area (Å²) in [4.78, 5) is 12.6. The first-order valence-electron chi connectivity index (χ1n) is 10.2. The Bertz CT molecular complexity index is 1310. The molecule has 8 heteroatoms. The molecule has 0 saturated heterocycles. The van der Waals surface area contributed by atoms with Crippen LogP contribution in [0, 0.1) is 25.2 Å². The molecule has 174 valence electrons. The van der Waals surface area contributed by atoms with Crippen LogP contribution in [-0.4, -0.2) is 13.0 Å². The highest BCUT2D eigenvalue weighted by atomic mass is 35.5. The lowest BCUT2D eigenvalue weighted by atomic mass is 10.1. The zero-order valence-corrected chi connectivity index (χ0v) is 21.0. The minimum atomic E-state index is -0.606. The van der Waals surface area contributed by atoms with Gasteiger partial charge >= 0.3 is 0 Å². The van der Waals surface area contributed by atoms with Gasteiger partial charge in [-0.15, -0.1) is 0 Å². The fraction of sp³-hybridized carbons (Fsp3) is 0.154. The van der Waals surface area contributed by atoms with E-state index in [0.29, 0.717) is 34.4 Å². The largest absolute Gasteiger partial charge is 0.493 e. The fourth-order valence-electron chi connectivity index (χ4n) is 3.10. The van der Waals surface area contributed by atoms with Crippen LogP contribution in [-0.2, 0) is 11.4 Å². The molecule has 3 aromatic carbocycles. The summed E-state index contributed by atoms with van der Waals surface area (Å²) < 4.78 is 11.4. The van der Waals surface area contributed by atoms with E-state index >= 15 is 0 Å². The molecule has 1 N–H and O–H groups in total. The zero-order valence-electron chi connectivity index (χ0n) is 18.7. The molecular formula is C26H21Cl3N2O3. The Morgan fingerprint density at radius 3 is 2.41 bits per heavy atom. The van der Waals surface area contributed by atoms with Crippen molar-refractivity contribution in [1.82, 2.24) is 0 Å². The van der Waals surface area contributed by atoms with Crippen LogP contribution in [0.4, 0.5) is 5.69 Å². The highest BCUT2D eigenvalue weighted by Crippen LogP contribution is 2.37. The average Bonchev–Trinajstić information content (AvgIpc) is 2.80. The summed E-state index contributed by atoms with van der Waals surface area (Å²) in [6.45, 7) is 4.40. The summed E-state index contributed by atoms with van der Waals surface area (Å²) in [5.74, 6) is 0.147. The number of benzene rings is 3. The molecule has 0 aliphatic heterocycles. The molecule has 5 nitrogen and oxygen atoms in total. The first kappa shape index (κ1) is 25.5. The Hall–Kier alpha value is -3.17. The van der Waals surface area contributed by atoms with Crippen molar-refractivity contribution in [2.24, 2.45) is 0 Å². The van der Waals surface area contributed by atoms with E-state index in [2.05, 4.69) is 11.4 Å². The highest BCUT2D eigenvalue weighted by molar-refractivity contribution is 6.42. The summed E-state index contributed by atoms with van der Waals surface area (Å²) in [5, 5.41) is 13.1. The number of hydrogen-bond donors (Lipinski definition) is 1. The monoisotopic (exact) mass is 514 g/mol. The van der Waals surface area contributed by atoms with Crippen molar-refractivity contribution in [1.29, 1.82) is 5.26 Å². The number of carbonyl (C=O) groups is 1. The molecule has 0 heterocycles. The number of rotatable bonds is 7. The van der Waals surface area contributed by atoms with Crippen LogP contribution in [0.3, 0.4) is 0 Å². The smallest absolute Gasteiger partial charge is 0.266 e. The molecule has 34 heavy (non-hydrogen) atoms. The molecule has 3 rings (SSSR count). The standard InChI is InChI=1S/C26H21Cl3N2O3/c1-15-4-5-17(8-16(15)2)14-34-25-23(29)10-18(11-24(25)33-3)9-19(13-30)26(32)31-20-6-7-21(27)22(28)12-20/h4-12H,14H2,1-3H3,(H,31,32)/b19-9+.